The summed E-state index contributed by atoms with van der Waals surface area (Å²) >= 11 is 11.9. The summed E-state index contributed by atoms with van der Waals surface area (Å²) in [5, 5.41) is 10.3. The summed E-state index contributed by atoms with van der Waals surface area (Å²) in [4.78, 5) is 13.5. The van der Waals surface area contributed by atoms with Crippen molar-refractivity contribution in [2.45, 2.75) is 12.6 Å². The van der Waals surface area contributed by atoms with E-state index in [4.69, 9.17) is 27.9 Å². The summed E-state index contributed by atoms with van der Waals surface area (Å²) in [7, 11) is 0. The molecule has 2 aromatic carbocycles. The molecule has 4 nitrogen and oxygen atoms in total. The van der Waals surface area contributed by atoms with Gasteiger partial charge in [-0.15, -0.1) is 0 Å². The van der Waals surface area contributed by atoms with Gasteiger partial charge in [0.25, 0.3) is 0 Å². The van der Waals surface area contributed by atoms with Crippen molar-refractivity contribution in [3.8, 4) is 5.75 Å². The van der Waals surface area contributed by atoms with Crippen LogP contribution in [0.15, 0.2) is 42.5 Å². The summed E-state index contributed by atoms with van der Waals surface area (Å²) in [5.41, 5.74) is 1.57. The molecule has 1 aliphatic heterocycles. The molecule has 0 saturated carbocycles. The van der Waals surface area contributed by atoms with Gasteiger partial charge in [-0.2, -0.15) is 0 Å². The van der Waals surface area contributed by atoms with Crippen molar-refractivity contribution in [3.05, 3.63) is 63.6 Å². The second kappa shape index (κ2) is 6.07. The van der Waals surface area contributed by atoms with Crippen molar-refractivity contribution in [3.63, 3.8) is 0 Å². The van der Waals surface area contributed by atoms with E-state index in [1.165, 1.54) is 12.1 Å². The first-order valence-corrected chi connectivity index (χ1v) is 7.47. The highest BCUT2D eigenvalue weighted by Crippen LogP contribution is 2.33. The van der Waals surface area contributed by atoms with E-state index in [0.29, 0.717) is 17.1 Å². The first kappa shape index (κ1) is 15.0. The quantitative estimate of drug-likeness (QED) is 0.903. The average molecular weight is 338 g/mol. The molecule has 1 amide bonds. The van der Waals surface area contributed by atoms with Crippen molar-refractivity contribution >= 4 is 29.3 Å². The number of cyclic esters (lactones) is 1. The maximum absolute atomic E-state index is 12.0. The third-order valence-corrected chi connectivity index (χ3v) is 4.19. The van der Waals surface area contributed by atoms with E-state index < -0.39 is 6.09 Å². The van der Waals surface area contributed by atoms with E-state index in [9.17, 15) is 9.90 Å². The van der Waals surface area contributed by atoms with Crippen LogP contribution >= 0.6 is 23.2 Å². The Kier molecular flexibility index (Phi) is 4.14. The van der Waals surface area contributed by atoms with Gasteiger partial charge in [0.2, 0.25) is 0 Å². The summed E-state index contributed by atoms with van der Waals surface area (Å²) in [6.07, 6.45) is -0.701. The monoisotopic (exact) mass is 337 g/mol. The number of halogens is 2. The number of carbonyl (C=O) groups excluding carboxylic acids is 1. The van der Waals surface area contributed by atoms with E-state index in [-0.39, 0.29) is 23.4 Å². The Morgan fingerprint density at radius 3 is 2.64 bits per heavy atom. The van der Waals surface area contributed by atoms with Crippen LogP contribution in [-0.4, -0.2) is 22.6 Å². The molecule has 1 unspecified atom stereocenters. The zero-order chi connectivity index (χ0) is 15.7. The van der Waals surface area contributed by atoms with Gasteiger partial charge in [-0.3, -0.25) is 4.90 Å². The number of hydrogen-bond acceptors (Lipinski definition) is 3. The minimum atomic E-state index is -0.403. The second-order valence-electron chi connectivity index (χ2n) is 5.06. The Morgan fingerprint density at radius 2 is 1.91 bits per heavy atom. The van der Waals surface area contributed by atoms with Crippen LogP contribution in [0.4, 0.5) is 4.79 Å². The largest absolute Gasteiger partial charge is 0.506 e. The van der Waals surface area contributed by atoms with Crippen LogP contribution in [0.25, 0.3) is 0 Å². The molecule has 1 heterocycles. The Labute approximate surface area is 137 Å². The molecule has 1 atom stereocenters. The maximum Gasteiger partial charge on any atom is 0.410 e. The number of nitrogens with zero attached hydrogens (tertiary/aromatic N) is 1. The van der Waals surface area contributed by atoms with Crippen LogP contribution < -0.4 is 0 Å². The lowest BCUT2D eigenvalue weighted by Gasteiger charge is -2.14. The second-order valence-corrected chi connectivity index (χ2v) is 5.87. The van der Waals surface area contributed by atoms with Crippen LogP contribution in [-0.2, 0) is 11.3 Å². The molecule has 114 valence electrons. The van der Waals surface area contributed by atoms with Gasteiger partial charge in [0.05, 0.1) is 18.1 Å². The third kappa shape index (κ3) is 2.98. The highest BCUT2D eigenvalue weighted by Gasteiger charge is 2.32. The molecule has 0 aromatic heterocycles. The summed E-state index contributed by atoms with van der Waals surface area (Å²) < 4.78 is 5.38. The molecule has 22 heavy (non-hydrogen) atoms. The minimum absolute atomic E-state index is 0.0618. The highest BCUT2D eigenvalue weighted by molar-refractivity contribution is 6.35. The summed E-state index contributed by atoms with van der Waals surface area (Å²) in [5.74, 6) is -0.0618. The van der Waals surface area contributed by atoms with Crippen molar-refractivity contribution < 1.29 is 14.6 Å². The van der Waals surface area contributed by atoms with E-state index >= 15 is 0 Å². The molecule has 2 aromatic rings. The topological polar surface area (TPSA) is 49.8 Å². The molecule has 1 aliphatic rings. The lowest BCUT2D eigenvalue weighted by molar-refractivity contribution is 0.132. The summed E-state index contributed by atoms with van der Waals surface area (Å²) in [6, 6.07) is 12.5. The molecule has 1 saturated heterocycles. The standard InChI is InChI=1S/C16H13Cl2NO3/c17-12-7-13(18)14(20)6-11(12)8-19-9-15(22-16(19)21)10-4-2-1-3-5-10/h1-7,15,20H,8-9H2. The van der Waals surface area contributed by atoms with Gasteiger partial charge in [-0.1, -0.05) is 53.5 Å². The zero-order valence-corrected chi connectivity index (χ0v) is 13.0. The molecular formula is C16H13Cl2NO3. The predicted octanol–water partition coefficient (Wildman–Crippen LogP) is 4.39. The van der Waals surface area contributed by atoms with Crippen LogP contribution in [0.5, 0.6) is 5.75 Å². The molecule has 0 spiro atoms. The molecule has 0 bridgehead atoms. The van der Waals surface area contributed by atoms with Crippen LogP contribution in [0.2, 0.25) is 10.0 Å². The molecule has 0 aliphatic carbocycles. The third-order valence-electron chi connectivity index (χ3n) is 3.54. The maximum atomic E-state index is 12.0. The normalized spacial score (nSPS) is 17.6. The van der Waals surface area contributed by atoms with Crippen molar-refractivity contribution in [2.75, 3.05) is 6.54 Å². The van der Waals surface area contributed by atoms with Gasteiger partial charge in [0.15, 0.2) is 0 Å². The van der Waals surface area contributed by atoms with Gasteiger partial charge in [-0.05, 0) is 23.3 Å². The SMILES string of the molecule is O=C1OC(c2ccccc2)CN1Cc1cc(O)c(Cl)cc1Cl. The van der Waals surface area contributed by atoms with Gasteiger partial charge < -0.3 is 9.84 Å². The number of carbonyl (C=O) groups is 1. The Bertz CT molecular complexity index is 706. The average Bonchev–Trinajstić information content (AvgIpc) is 2.87. The fraction of sp³-hybridized carbons (Fsp3) is 0.188. The Hall–Kier alpha value is -1.91. The first-order chi connectivity index (χ1) is 10.5. The van der Waals surface area contributed by atoms with Crippen LogP contribution in [0.1, 0.15) is 17.2 Å². The zero-order valence-electron chi connectivity index (χ0n) is 11.5. The van der Waals surface area contributed by atoms with Crippen LogP contribution in [0, 0.1) is 0 Å². The Balaban J connectivity index is 1.77. The van der Waals surface area contributed by atoms with Crippen molar-refractivity contribution in [1.29, 1.82) is 0 Å². The summed E-state index contributed by atoms with van der Waals surface area (Å²) in [6.45, 7) is 0.689. The number of hydrogen-bond donors (Lipinski definition) is 1. The predicted molar refractivity (Wildman–Crippen MR) is 84.2 cm³/mol. The van der Waals surface area contributed by atoms with Gasteiger partial charge in [0.1, 0.15) is 11.9 Å². The number of phenols is 1. The van der Waals surface area contributed by atoms with Crippen molar-refractivity contribution in [1.82, 2.24) is 4.90 Å². The number of benzene rings is 2. The lowest BCUT2D eigenvalue weighted by Crippen LogP contribution is -2.23. The van der Waals surface area contributed by atoms with Gasteiger partial charge in [0, 0.05) is 5.02 Å². The molecule has 6 heteroatoms. The smallest absolute Gasteiger partial charge is 0.410 e. The number of phenolic OH excluding ortho intramolecular Hbond substituents is 1. The van der Waals surface area contributed by atoms with E-state index in [1.54, 1.807) is 4.90 Å². The van der Waals surface area contributed by atoms with Gasteiger partial charge >= 0.3 is 6.09 Å². The number of rotatable bonds is 3. The molecule has 1 N–H and O–H groups in total. The van der Waals surface area contributed by atoms with Crippen molar-refractivity contribution in [2.24, 2.45) is 0 Å². The molecule has 3 rings (SSSR count). The number of ether oxygens (including phenoxy) is 1. The minimum Gasteiger partial charge on any atom is -0.506 e. The first-order valence-electron chi connectivity index (χ1n) is 6.72. The van der Waals surface area contributed by atoms with E-state index in [2.05, 4.69) is 0 Å². The molecule has 0 radical (unpaired) electrons. The van der Waals surface area contributed by atoms with Gasteiger partial charge in [-0.25, -0.2) is 4.79 Å². The Morgan fingerprint density at radius 1 is 1.18 bits per heavy atom. The van der Waals surface area contributed by atoms with Crippen LogP contribution in [0.3, 0.4) is 0 Å². The highest BCUT2D eigenvalue weighted by atomic mass is 35.5. The fourth-order valence-electron chi connectivity index (χ4n) is 2.39. The number of aromatic hydroxyl groups is 1. The lowest BCUT2D eigenvalue weighted by atomic mass is 10.1. The molecular weight excluding hydrogens is 325 g/mol. The molecule has 1 fully saturated rings. The number of amides is 1. The van der Waals surface area contributed by atoms with E-state index in [0.717, 1.165) is 5.56 Å². The van der Waals surface area contributed by atoms with E-state index in [1.807, 2.05) is 30.3 Å². The fourth-order valence-corrected chi connectivity index (χ4v) is 2.83.